The Morgan fingerprint density at radius 1 is 1.42 bits per heavy atom. The molecule has 1 N–H and O–H groups in total. The molecule has 0 saturated heterocycles. The van der Waals surface area contributed by atoms with Gasteiger partial charge in [-0.3, -0.25) is 4.79 Å². The number of ether oxygens (including phenoxy) is 1. The van der Waals surface area contributed by atoms with Gasteiger partial charge in [-0.2, -0.15) is 0 Å². The predicted molar refractivity (Wildman–Crippen MR) is 98.3 cm³/mol. The molecule has 1 rings (SSSR count). The number of carbonyl (C=O) groups is 1. The van der Waals surface area contributed by atoms with Crippen molar-refractivity contribution in [3.05, 3.63) is 0 Å². The van der Waals surface area contributed by atoms with Crippen LogP contribution in [-0.4, -0.2) is 24.3 Å². The molecule has 1 aliphatic carbocycles. The Hall–Kier alpha value is -1.01. The monoisotopic (exact) mass is 336 g/mol. The summed E-state index contributed by atoms with van der Waals surface area (Å²) in [6.45, 7) is 10.9. The Balaban J connectivity index is 2.96. The molecule has 6 atom stereocenters. The van der Waals surface area contributed by atoms with Gasteiger partial charge in [0.2, 0.25) is 0 Å². The van der Waals surface area contributed by atoms with Crippen LogP contribution in [0.4, 0.5) is 0 Å². The maximum atomic E-state index is 11.5. The van der Waals surface area contributed by atoms with Crippen molar-refractivity contribution in [3.8, 4) is 12.3 Å². The standard InChI is InChI=1S/C21H36O3/c1-8-9-18-20(5,12-10-15(2)14-19(23)24-7)16(3)11-13-21(18,6)17(4)22/h1,15-18,22H,9-14H2,2-7H3/t15?,16-,17+,18?,20+,21+/m1/s1. The lowest BCUT2D eigenvalue weighted by atomic mass is 9.48. The highest BCUT2D eigenvalue weighted by Gasteiger charge is 2.53. The van der Waals surface area contributed by atoms with Crippen LogP contribution in [0.5, 0.6) is 0 Å². The maximum absolute atomic E-state index is 11.5. The van der Waals surface area contributed by atoms with E-state index in [4.69, 9.17) is 11.2 Å². The number of rotatable bonds is 7. The molecule has 0 aromatic heterocycles. The third kappa shape index (κ3) is 4.33. The van der Waals surface area contributed by atoms with Crippen LogP contribution in [0.3, 0.4) is 0 Å². The van der Waals surface area contributed by atoms with E-state index in [9.17, 15) is 9.90 Å². The number of aliphatic hydroxyl groups excluding tert-OH is 1. The van der Waals surface area contributed by atoms with Crippen molar-refractivity contribution < 1.29 is 14.6 Å². The third-order valence-corrected chi connectivity index (χ3v) is 7.03. The molecule has 2 unspecified atom stereocenters. The highest BCUT2D eigenvalue weighted by Crippen LogP contribution is 2.58. The van der Waals surface area contributed by atoms with Crippen LogP contribution in [-0.2, 0) is 9.53 Å². The lowest BCUT2D eigenvalue weighted by Gasteiger charge is -2.57. The van der Waals surface area contributed by atoms with E-state index in [-0.39, 0.29) is 22.9 Å². The van der Waals surface area contributed by atoms with Crippen molar-refractivity contribution in [2.45, 2.75) is 79.2 Å². The molecule has 1 fully saturated rings. The van der Waals surface area contributed by atoms with Gasteiger partial charge in [0.05, 0.1) is 13.2 Å². The second-order valence-electron chi connectivity index (χ2n) is 8.51. The number of methoxy groups -OCH3 is 1. The first-order valence-electron chi connectivity index (χ1n) is 9.30. The van der Waals surface area contributed by atoms with Crippen LogP contribution >= 0.6 is 0 Å². The van der Waals surface area contributed by atoms with Crippen LogP contribution in [0.2, 0.25) is 0 Å². The summed E-state index contributed by atoms with van der Waals surface area (Å²) < 4.78 is 4.78. The quantitative estimate of drug-likeness (QED) is 0.552. The second kappa shape index (κ2) is 8.39. The van der Waals surface area contributed by atoms with Gasteiger partial charge in [-0.1, -0.05) is 27.7 Å². The molecule has 0 aromatic rings. The number of esters is 1. The lowest BCUT2D eigenvalue weighted by Crippen LogP contribution is -2.52. The van der Waals surface area contributed by atoms with Crippen LogP contribution in [0.1, 0.15) is 73.1 Å². The minimum absolute atomic E-state index is 0.0841. The van der Waals surface area contributed by atoms with Gasteiger partial charge in [0.25, 0.3) is 0 Å². The molecular weight excluding hydrogens is 300 g/mol. The first-order chi connectivity index (χ1) is 11.1. The second-order valence-corrected chi connectivity index (χ2v) is 8.51. The molecule has 3 nitrogen and oxygen atoms in total. The molecule has 3 heteroatoms. The van der Waals surface area contributed by atoms with Crippen LogP contribution < -0.4 is 0 Å². The summed E-state index contributed by atoms with van der Waals surface area (Å²) in [5, 5.41) is 10.5. The van der Waals surface area contributed by atoms with Crippen molar-refractivity contribution in [3.63, 3.8) is 0 Å². The van der Waals surface area contributed by atoms with Crippen molar-refractivity contribution in [2.75, 3.05) is 7.11 Å². The fourth-order valence-electron chi connectivity index (χ4n) is 4.66. The minimum Gasteiger partial charge on any atom is -0.469 e. The number of hydrogen-bond acceptors (Lipinski definition) is 3. The molecule has 1 saturated carbocycles. The van der Waals surface area contributed by atoms with Crippen molar-refractivity contribution in [1.82, 2.24) is 0 Å². The molecule has 138 valence electrons. The van der Waals surface area contributed by atoms with Gasteiger partial charge in [0.1, 0.15) is 0 Å². The molecule has 24 heavy (non-hydrogen) atoms. The predicted octanol–water partition coefficient (Wildman–Crippen LogP) is 4.43. The first kappa shape index (κ1) is 21.0. The van der Waals surface area contributed by atoms with Crippen LogP contribution in [0, 0.1) is 40.9 Å². The molecule has 0 heterocycles. The molecule has 1 aliphatic rings. The van der Waals surface area contributed by atoms with Crippen molar-refractivity contribution >= 4 is 5.97 Å². The zero-order valence-electron chi connectivity index (χ0n) is 16.4. The molecular formula is C21H36O3. The highest BCUT2D eigenvalue weighted by atomic mass is 16.5. The fourth-order valence-corrected chi connectivity index (χ4v) is 4.66. The summed E-state index contributed by atoms with van der Waals surface area (Å²) in [6, 6.07) is 0. The summed E-state index contributed by atoms with van der Waals surface area (Å²) in [5.74, 6) is 3.88. The smallest absolute Gasteiger partial charge is 0.305 e. The van der Waals surface area contributed by atoms with Crippen molar-refractivity contribution in [1.29, 1.82) is 0 Å². The van der Waals surface area contributed by atoms with Crippen LogP contribution in [0.15, 0.2) is 0 Å². The Kier molecular flexibility index (Phi) is 7.35. The molecule has 0 radical (unpaired) electrons. The summed E-state index contributed by atoms with van der Waals surface area (Å²) in [5.41, 5.74) is -0.0556. The Morgan fingerprint density at radius 2 is 2.04 bits per heavy atom. The highest BCUT2D eigenvalue weighted by molar-refractivity contribution is 5.69. The fraction of sp³-hybridized carbons (Fsp3) is 0.857. The summed E-state index contributed by atoms with van der Waals surface area (Å²) in [7, 11) is 1.44. The van der Waals surface area contributed by atoms with E-state index in [0.717, 1.165) is 25.7 Å². The van der Waals surface area contributed by atoms with E-state index in [1.54, 1.807) is 0 Å². The third-order valence-electron chi connectivity index (χ3n) is 7.03. The van der Waals surface area contributed by atoms with Gasteiger partial charge >= 0.3 is 5.97 Å². The molecule has 0 spiro atoms. The normalized spacial score (nSPS) is 35.8. The molecule has 0 aromatic carbocycles. The first-order valence-corrected chi connectivity index (χ1v) is 9.30. The van der Waals surface area contributed by atoms with Gasteiger partial charge in [0.15, 0.2) is 0 Å². The lowest BCUT2D eigenvalue weighted by molar-refractivity contribution is -0.142. The van der Waals surface area contributed by atoms with E-state index in [1.807, 2.05) is 6.92 Å². The van der Waals surface area contributed by atoms with E-state index in [2.05, 4.69) is 33.6 Å². The van der Waals surface area contributed by atoms with Gasteiger partial charge in [-0.25, -0.2) is 0 Å². The molecule has 0 bridgehead atoms. The Labute approximate surface area is 148 Å². The average molecular weight is 337 g/mol. The summed E-state index contributed by atoms with van der Waals surface area (Å²) >= 11 is 0. The van der Waals surface area contributed by atoms with Gasteiger partial charge in [-0.15, -0.1) is 12.3 Å². The Morgan fingerprint density at radius 3 is 2.54 bits per heavy atom. The largest absolute Gasteiger partial charge is 0.469 e. The number of terminal acetylenes is 1. The van der Waals surface area contributed by atoms with Crippen LogP contribution in [0.25, 0.3) is 0 Å². The Bertz CT molecular complexity index is 464. The summed E-state index contributed by atoms with van der Waals surface area (Å²) in [4.78, 5) is 11.5. The van der Waals surface area contributed by atoms with Crippen molar-refractivity contribution in [2.24, 2.45) is 28.6 Å². The minimum atomic E-state index is -0.366. The SMILES string of the molecule is C#CCC1[C@](C)([C@H](C)O)CC[C@@H](C)[C@]1(C)CCC(C)CC(=O)OC. The van der Waals surface area contributed by atoms with E-state index < -0.39 is 0 Å². The number of aliphatic hydroxyl groups is 1. The van der Waals surface area contributed by atoms with E-state index in [0.29, 0.717) is 30.6 Å². The van der Waals surface area contributed by atoms with Gasteiger partial charge in [-0.05, 0) is 61.2 Å². The summed E-state index contributed by atoms with van der Waals surface area (Å²) in [6.07, 6.45) is 10.6. The topological polar surface area (TPSA) is 46.5 Å². The molecule has 0 aliphatic heterocycles. The van der Waals surface area contributed by atoms with E-state index in [1.165, 1.54) is 7.11 Å². The zero-order chi connectivity index (χ0) is 18.5. The average Bonchev–Trinajstić information content (AvgIpc) is 2.53. The zero-order valence-corrected chi connectivity index (χ0v) is 16.4. The number of carbonyl (C=O) groups excluding carboxylic acids is 1. The van der Waals surface area contributed by atoms with Gasteiger partial charge in [0, 0.05) is 12.8 Å². The van der Waals surface area contributed by atoms with E-state index >= 15 is 0 Å². The molecule has 0 amide bonds. The number of hydrogen-bond donors (Lipinski definition) is 1. The van der Waals surface area contributed by atoms with Gasteiger partial charge < -0.3 is 9.84 Å². The maximum Gasteiger partial charge on any atom is 0.305 e.